The number of ether oxygens (including phenoxy) is 1. The third-order valence-electron chi connectivity index (χ3n) is 3.97. The Morgan fingerprint density at radius 2 is 1.85 bits per heavy atom. The summed E-state index contributed by atoms with van der Waals surface area (Å²) in [4.78, 5) is 24.4. The highest BCUT2D eigenvalue weighted by atomic mass is 16.5. The Morgan fingerprint density at radius 1 is 1.15 bits per heavy atom. The second-order valence-corrected chi connectivity index (χ2v) is 6.39. The molecular weight excluding hydrogens is 340 g/mol. The Balaban J connectivity index is 2.47. The average molecular weight is 362 g/mol. The molecule has 0 aliphatic carbocycles. The van der Waals surface area contributed by atoms with Crippen LogP contribution in [0.25, 0.3) is 6.08 Å². The van der Waals surface area contributed by atoms with Crippen LogP contribution in [-0.2, 0) is 9.53 Å². The lowest BCUT2D eigenvalue weighted by atomic mass is 10.00. The zero-order chi connectivity index (χ0) is 19.4. The molecule has 0 radical (unpaired) electrons. The second kappa shape index (κ2) is 8.16. The zero-order valence-corrected chi connectivity index (χ0v) is 14.5. The Labute approximate surface area is 150 Å². The minimum atomic E-state index is -1.58. The molecule has 4 N–H and O–H groups in total. The molecule has 1 heterocycles. The third-order valence-corrected chi connectivity index (χ3v) is 3.97. The number of cyclic esters (lactones) is 1. The fraction of sp³-hybridized carbons (Fsp3) is 0.368. The molecule has 26 heavy (non-hydrogen) atoms. The van der Waals surface area contributed by atoms with Gasteiger partial charge in [0.25, 0.3) is 0 Å². The van der Waals surface area contributed by atoms with Gasteiger partial charge in [0.1, 0.15) is 29.3 Å². The van der Waals surface area contributed by atoms with Crippen molar-refractivity contribution >= 4 is 17.8 Å². The van der Waals surface area contributed by atoms with Crippen molar-refractivity contribution in [1.82, 2.24) is 0 Å². The summed E-state index contributed by atoms with van der Waals surface area (Å²) in [5.41, 5.74) is 0.650. The highest BCUT2D eigenvalue weighted by Gasteiger charge is 2.24. The number of rotatable bonds is 0. The number of phenols is 2. The van der Waals surface area contributed by atoms with Crippen molar-refractivity contribution in [2.75, 3.05) is 0 Å². The molecule has 0 spiro atoms. The summed E-state index contributed by atoms with van der Waals surface area (Å²) in [6.07, 6.45) is 0.715. The number of phenolic OH excluding ortho intramolecular Hbond substituents is 2. The minimum Gasteiger partial charge on any atom is -0.508 e. The Bertz CT molecular complexity index is 763. The first-order valence-corrected chi connectivity index (χ1v) is 8.19. The largest absolute Gasteiger partial charge is 0.508 e. The molecule has 140 valence electrons. The number of fused-ring (bicyclic) bond motifs is 1. The zero-order valence-electron chi connectivity index (χ0n) is 14.5. The first-order valence-electron chi connectivity index (χ1n) is 8.19. The average Bonchev–Trinajstić information content (AvgIpc) is 2.51. The lowest BCUT2D eigenvalue weighted by Gasteiger charge is -2.18. The molecule has 1 aromatic rings. The van der Waals surface area contributed by atoms with Gasteiger partial charge in [-0.1, -0.05) is 17.7 Å². The summed E-state index contributed by atoms with van der Waals surface area (Å²) in [6.45, 7) is 3.28. The number of esters is 1. The van der Waals surface area contributed by atoms with Gasteiger partial charge in [-0.15, -0.1) is 0 Å². The number of aliphatic hydroxyl groups excluding tert-OH is 2. The maximum atomic E-state index is 12.4. The molecule has 1 unspecified atom stereocenters. The molecule has 7 heteroatoms. The Kier molecular flexibility index (Phi) is 6.18. The quantitative estimate of drug-likeness (QED) is 0.518. The lowest BCUT2D eigenvalue weighted by molar-refractivity contribution is -0.127. The summed E-state index contributed by atoms with van der Waals surface area (Å²) in [5, 5.41) is 39.6. The van der Waals surface area contributed by atoms with E-state index in [2.05, 4.69) is 0 Å². The monoisotopic (exact) mass is 362 g/mol. The lowest BCUT2D eigenvalue weighted by Crippen LogP contribution is -2.32. The van der Waals surface area contributed by atoms with Crippen molar-refractivity contribution in [1.29, 1.82) is 0 Å². The van der Waals surface area contributed by atoms with Crippen molar-refractivity contribution in [3.63, 3.8) is 0 Å². The van der Waals surface area contributed by atoms with E-state index in [-0.39, 0.29) is 29.7 Å². The summed E-state index contributed by atoms with van der Waals surface area (Å²) in [7, 11) is 0. The SMILES string of the molecule is C/C1=C/C(=O)[C@@H](O)[C@@H](O)C/C=C/c2cc(O)cc(O)c2C(=O)OC(C)C1. The van der Waals surface area contributed by atoms with Gasteiger partial charge < -0.3 is 25.2 Å². The summed E-state index contributed by atoms with van der Waals surface area (Å²) in [6, 6.07) is 2.30. The summed E-state index contributed by atoms with van der Waals surface area (Å²) in [5.74, 6) is -2.08. The predicted octanol–water partition coefficient (Wildman–Crippen LogP) is 1.69. The van der Waals surface area contributed by atoms with Crippen LogP contribution >= 0.6 is 0 Å². The fourth-order valence-corrected chi connectivity index (χ4v) is 2.76. The van der Waals surface area contributed by atoms with E-state index >= 15 is 0 Å². The molecule has 0 saturated carbocycles. The standard InChI is InChI=1S/C19H22O7/c1-10-6-11(2)26-19(25)17-12(8-13(20)9-15(17)22)4-3-5-14(21)18(24)16(23)7-10/h3-4,7-9,11,14,18,20-22,24H,5-6H2,1-2H3/b4-3+,10-7-/t11?,14-,18-/m0/s1. The molecule has 7 nitrogen and oxygen atoms in total. The first kappa shape index (κ1) is 19.7. The molecule has 0 amide bonds. The first-order chi connectivity index (χ1) is 12.2. The topological polar surface area (TPSA) is 124 Å². The van der Waals surface area contributed by atoms with Crippen molar-refractivity contribution in [3.05, 3.63) is 41.0 Å². The van der Waals surface area contributed by atoms with Crippen LogP contribution in [-0.4, -0.2) is 50.5 Å². The van der Waals surface area contributed by atoms with Gasteiger partial charge in [-0.3, -0.25) is 4.79 Å². The smallest absolute Gasteiger partial charge is 0.342 e. The molecule has 0 aromatic heterocycles. The molecule has 0 fully saturated rings. The molecule has 2 rings (SSSR count). The van der Waals surface area contributed by atoms with Gasteiger partial charge in [0.2, 0.25) is 0 Å². The number of carbonyl (C=O) groups is 2. The van der Waals surface area contributed by atoms with Gasteiger partial charge in [-0.25, -0.2) is 4.79 Å². The molecular formula is C19H22O7. The van der Waals surface area contributed by atoms with Crippen molar-refractivity contribution in [2.24, 2.45) is 0 Å². The van der Waals surface area contributed by atoms with Crippen LogP contribution in [0, 0.1) is 0 Å². The van der Waals surface area contributed by atoms with Crippen molar-refractivity contribution in [3.8, 4) is 11.5 Å². The normalized spacial score (nSPS) is 28.3. The van der Waals surface area contributed by atoms with Crippen LogP contribution in [0.4, 0.5) is 0 Å². The van der Waals surface area contributed by atoms with E-state index < -0.39 is 35.8 Å². The minimum absolute atomic E-state index is 0.0684. The van der Waals surface area contributed by atoms with Gasteiger partial charge in [0, 0.05) is 12.5 Å². The van der Waals surface area contributed by atoms with Crippen LogP contribution in [0.15, 0.2) is 29.9 Å². The van der Waals surface area contributed by atoms with Crippen LogP contribution in [0.5, 0.6) is 11.5 Å². The van der Waals surface area contributed by atoms with Crippen molar-refractivity contribution in [2.45, 2.75) is 45.0 Å². The van der Waals surface area contributed by atoms with Gasteiger partial charge in [0.05, 0.1) is 6.10 Å². The summed E-state index contributed by atoms with van der Waals surface area (Å²) < 4.78 is 5.32. The van der Waals surface area contributed by atoms with Crippen LogP contribution in [0.3, 0.4) is 0 Å². The Morgan fingerprint density at radius 3 is 2.54 bits per heavy atom. The molecule has 0 saturated heterocycles. The molecule has 0 bridgehead atoms. The van der Waals surface area contributed by atoms with Crippen molar-refractivity contribution < 1.29 is 34.8 Å². The Hall–Kier alpha value is -2.64. The molecule has 1 aliphatic rings. The highest BCUT2D eigenvalue weighted by Crippen LogP contribution is 2.30. The van der Waals surface area contributed by atoms with E-state index in [9.17, 15) is 30.0 Å². The van der Waals surface area contributed by atoms with E-state index in [4.69, 9.17) is 4.74 Å². The number of hydrogen-bond acceptors (Lipinski definition) is 7. The number of hydrogen-bond donors (Lipinski definition) is 4. The number of benzene rings is 1. The van der Waals surface area contributed by atoms with E-state index in [1.807, 2.05) is 0 Å². The van der Waals surface area contributed by atoms with Crippen LogP contribution in [0.1, 0.15) is 42.6 Å². The summed E-state index contributed by atoms with van der Waals surface area (Å²) >= 11 is 0. The van der Waals surface area contributed by atoms with E-state index in [1.165, 1.54) is 24.3 Å². The van der Waals surface area contributed by atoms with E-state index in [0.717, 1.165) is 6.07 Å². The number of ketones is 1. The maximum Gasteiger partial charge on any atom is 0.342 e. The third kappa shape index (κ3) is 4.71. The van der Waals surface area contributed by atoms with Crippen LogP contribution in [0.2, 0.25) is 0 Å². The van der Waals surface area contributed by atoms with Gasteiger partial charge >= 0.3 is 5.97 Å². The second-order valence-electron chi connectivity index (χ2n) is 6.39. The van der Waals surface area contributed by atoms with E-state index in [0.29, 0.717) is 5.57 Å². The highest BCUT2D eigenvalue weighted by molar-refractivity contribution is 5.97. The number of aromatic hydroxyl groups is 2. The molecule has 3 atom stereocenters. The van der Waals surface area contributed by atoms with Gasteiger partial charge in [0.15, 0.2) is 5.78 Å². The number of carbonyl (C=O) groups excluding carboxylic acids is 2. The van der Waals surface area contributed by atoms with Gasteiger partial charge in [-0.2, -0.15) is 0 Å². The predicted molar refractivity (Wildman–Crippen MR) is 93.7 cm³/mol. The molecule has 1 aliphatic heterocycles. The maximum absolute atomic E-state index is 12.4. The number of aliphatic hydroxyl groups is 2. The van der Waals surface area contributed by atoms with E-state index in [1.54, 1.807) is 13.8 Å². The molecule has 1 aromatic carbocycles. The fourth-order valence-electron chi connectivity index (χ4n) is 2.76. The van der Waals surface area contributed by atoms with Gasteiger partial charge in [-0.05, 0) is 38.0 Å². The van der Waals surface area contributed by atoms with Crippen LogP contribution < -0.4 is 0 Å².